The van der Waals surface area contributed by atoms with Crippen molar-refractivity contribution in [2.45, 2.75) is 32.0 Å². The third-order valence-corrected chi connectivity index (χ3v) is 5.33. The van der Waals surface area contributed by atoms with Crippen LogP contribution in [0.2, 0.25) is 0 Å². The summed E-state index contributed by atoms with van der Waals surface area (Å²) in [5.41, 5.74) is 1.67. The van der Waals surface area contributed by atoms with Gasteiger partial charge in [0.25, 0.3) is 0 Å². The van der Waals surface area contributed by atoms with Gasteiger partial charge in [0, 0.05) is 12.1 Å². The van der Waals surface area contributed by atoms with E-state index in [1.165, 1.54) is 0 Å². The van der Waals surface area contributed by atoms with Gasteiger partial charge in [-0.15, -0.1) is 0 Å². The standard InChI is InChI=1S/C13H19NO3S/c1-13(6-7-18(16,17)10-13)14-8-11-2-4-12(9-15)5-3-11/h2-5,14-15H,6-10H2,1H3. The molecule has 1 unspecified atom stereocenters. The Morgan fingerprint density at radius 2 is 1.89 bits per heavy atom. The van der Waals surface area contributed by atoms with E-state index in [1.807, 2.05) is 31.2 Å². The number of aliphatic hydroxyl groups excluding tert-OH is 1. The van der Waals surface area contributed by atoms with Crippen molar-refractivity contribution < 1.29 is 13.5 Å². The summed E-state index contributed by atoms with van der Waals surface area (Å²) in [4.78, 5) is 0. The van der Waals surface area contributed by atoms with Crippen molar-refractivity contribution in [1.82, 2.24) is 5.32 Å². The molecule has 0 aliphatic carbocycles. The third-order valence-electron chi connectivity index (χ3n) is 3.43. The highest BCUT2D eigenvalue weighted by Crippen LogP contribution is 2.23. The molecule has 1 aliphatic heterocycles. The van der Waals surface area contributed by atoms with Crippen LogP contribution in [0, 0.1) is 0 Å². The number of sulfone groups is 1. The first-order valence-corrected chi connectivity index (χ1v) is 7.89. The summed E-state index contributed by atoms with van der Waals surface area (Å²) >= 11 is 0. The second-order valence-electron chi connectivity index (χ2n) is 5.23. The average Bonchev–Trinajstić information content (AvgIpc) is 2.62. The van der Waals surface area contributed by atoms with Gasteiger partial charge in [-0.05, 0) is 24.5 Å². The summed E-state index contributed by atoms with van der Waals surface area (Å²) in [6.07, 6.45) is 0.671. The van der Waals surface area contributed by atoms with Crippen LogP contribution in [0.4, 0.5) is 0 Å². The number of hydrogen-bond donors (Lipinski definition) is 2. The molecule has 1 aromatic rings. The lowest BCUT2D eigenvalue weighted by atomic mass is 10.0. The summed E-state index contributed by atoms with van der Waals surface area (Å²) < 4.78 is 22.9. The Balaban J connectivity index is 1.95. The summed E-state index contributed by atoms with van der Waals surface area (Å²) in [5, 5.41) is 12.3. The fraction of sp³-hybridized carbons (Fsp3) is 0.538. The van der Waals surface area contributed by atoms with Crippen molar-refractivity contribution in [2.75, 3.05) is 11.5 Å². The first kappa shape index (κ1) is 13.5. The molecule has 1 aliphatic rings. The Hall–Kier alpha value is -0.910. The molecule has 0 spiro atoms. The Morgan fingerprint density at radius 3 is 2.39 bits per heavy atom. The molecule has 1 saturated heterocycles. The molecule has 100 valence electrons. The molecule has 0 radical (unpaired) electrons. The lowest BCUT2D eigenvalue weighted by Gasteiger charge is -2.24. The van der Waals surface area contributed by atoms with Gasteiger partial charge in [0.1, 0.15) is 0 Å². The van der Waals surface area contributed by atoms with E-state index < -0.39 is 9.84 Å². The van der Waals surface area contributed by atoms with Gasteiger partial charge in [0.05, 0.1) is 18.1 Å². The molecule has 5 heteroatoms. The Morgan fingerprint density at radius 1 is 1.28 bits per heavy atom. The first-order chi connectivity index (χ1) is 8.42. The van der Waals surface area contributed by atoms with Gasteiger partial charge in [-0.2, -0.15) is 0 Å². The van der Waals surface area contributed by atoms with Gasteiger partial charge in [0.15, 0.2) is 9.84 Å². The van der Waals surface area contributed by atoms with Crippen molar-refractivity contribution in [3.05, 3.63) is 35.4 Å². The normalized spacial score (nSPS) is 26.3. The summed E-state index contributed by atoms with van der Waals surface area (Å²) in [5.74, 6) is 0.495. The molecule has 2 N–H and O–H groups in total. The van der Waals surface area contributed by atoms with Gasteiger partial charge < -0.3 is 10.4 Å². The van der Waals surface area contributed by atoms with Crippen LogP contribution in [0.25, 0.3) is 0 Å². The fourth-order valence-electron chi connectivity index (χ4n) is 2.23. The zero-order valence-electron chi connectivity index (χ0n) is 10.5. The zero-order chi connectivity index (χ0) is 13.2. The highest BCUT2D eigenvalue weighted by Gasteiger charge is 2.37. The highest BCUT2D eigenvalue weighted by atomic mass is 32.2. The molecule has 2 rings (SSSR count). The molecule has 0 amide bonds. The van der Waals surface area contributed by atoms with E-state index in [-0.39, 0.29) is 23.7 Å². The van der Waals surface area contributed by atoms with E-state index in [0.29, 0.717) is 13.0 Å². The van der Waals surface area contributed by atoms with Gasteiger partial charge >= 0.3 is 0 Å². The van der Waals surface area contributed by atoms with Crippen molar-refractivity contribution in [1.29, 1.82) is 0 Å². The van der Waals surface area contributed by atoms with Crippen LogP contribution in [0.15, 0.2) is 24.3 Å². The molecular weight excluding hydrogens is 250 g/mol. The summed E-state index contributed by atoms with van der Waals surface area (Å²) in [6, 6.07) is 7.66. The van der Waals surface area contributed by atoms with Crippen molar-refractivity contribution in [3.8, 4) is 0 Å². The molecule has 0 aromatic heterocycles. The van der Waals surface area contributed by atoms with Crippen LogP contribution in [-0.2, 0) is 23.0 Å². The zero-order valence-corrected chi connectivity index (χ0v) is 11.3. The van der Waals surface area contributed by atoms with E-state index in [0.717, 1.165) is 11.1 Å². The number of nitrogens with one attached hydrogen (secondary N) is 1. The third kappa shape index (κ3) is 3.31. The number of hydrogen-bond acceptors (Lipinski definition) is 4. The topological polar surface area (TPSA) is 66.4 Å². The van der Waals surface area contributed by atoms with Crippen LogP contribution in [0.3, 0.4) is 0 Å². The Labute approximate surface area is 108 Å². The number of aliphatic hydroxyl groups is 1. The Kier molecular flexibility index (Phi) is 3.75. The molecule has 1 heterocycles. The van der Waals surface area contributed by atoms with E-state index in [1.54, 1.807) is 0 Å². The summed E-state index contributed by atoms with van der Waals surface area (Å²) in [7, 11) is -2.86. The van der Waals surface area contributed by atoms with Crippen molar-refractivity contribution in [2.24, 2.45) is 0 Å². The lowest BCUT2D eigenvalue weighted by molar-refractivity contribution is 0.282. The largest absolute Gasteiger partial charge is 0.392 e. The number of benzene rings is 1. The smallest absolute Gasteiger partial charge is 0.152 e. The van der Waals surface area contributed by atoms with Crippen LogP contribution in [0.1, 0.15) is 24.5 Å². The maximum atomic E-state index is 11.5. The quantitative estimate of drug-likeness (QED) is 0.850. The van der Waals surface area contributed by atoms with Gasteiger partial charge in [-0.25, -0.2) is 8.42 Å². The van der Waals surface area contributed by atoms with Crippen molar-refractivity contribution in [3.63, 3.8) is 0 Å². The van der Waals surface area contributed by atoms with Crippen LogP contribution < -0.4 is 5.32 Å². The van der Waals surface area contributed by atoms with Crippen LogP contribution in [0.5, 0.6) is 0 Å². The predicted molar refractivity (Wildman–Crippen MR) is 70.9 cm³/mol. The molecule has 18 heavy (non-hydrogen) atoms. The SMILES string of the molecule is CC1(NCc2ccc(CO)cc2)CCS(=O)(=O)C1. The molecule has 4 nitrogen and oxygen atoms in total. The van der Waals surface area contributed by atoms with Crippen LogP contribution in [-0.4, -0.2) is 30.6 Å². The van der Waals surface area contributed by atoms with E-state index >= 15 is 0 Å². The monoisotopic (exact) mass is 269 g/mol. The average molecular weight is 269 g/mol. The number of rotatable bonds is 4. The second kappa shape index (κ2) is 4.99. The summed E-state index contributed by atoms with van der Waals surface area (Å²) in [6.45, 7) is 2.65. The molecule has 1 aromatic carbocycles. The Bertz CT molecular complexity index is 510. The van der Waals surface area contributed by atoms with E-state index in [4.69, 9.17) is 5.11 Å². The van der Waals surface area contributed by atoms with Gasteiger partial charge in [0.2, 0.25) is 0 Å². The minimum Gasteiger partial charge on any atom is -0.392 e. The predicted octanol–water partition coefficient (Wildman–Crippen LogP) is 0.846. The molecule has 0 saturated carbocycles. The van der Waals surface area contributed by atoms with E-state index in [9.17, 15) is 8.42 Å². The van der Waals surface area contributed by atoms with Crippen LogP contribution >= 0.6 is 0 Å². The van der Waals surface area contributed by atoms with Gasteiger partial charge in [-0.1, -0.05) is 24.3 Å². The minimum absolute atomic E-state index is 0.0453. The maximum absolute atomic E-state index is 11.5. The molecule has 1 fully saturated rings. The second-order valence-corrected chi connectivity index (χ2v) is 7.41. The molecular formula is C13H19NO3S. The van der Waals surface area contributed by atoms with E-state index in [2.05, 4.69) is 5.32 Å². The van der Waals surface area contributed by atoms with Gasteiger partial charge in [-0.3, -0.25) is 0 Å². The first-order valence-electron chi connectivity index (χ1n) is 6.07. The molecule has 1 atom stereocenters. The fourth-order valence-corrected chi connectivity index (χ4v) is 4.35. The molecule has 0 bridgehead atoms. The maximum Gasteiger partial charge on any atom is 0.152 e. The highest BCUT2D eigenvalue weighted by molar-refractivity contribution is 7.91. The lowest BCUT2D eigenvalue weighted by Crippen LogP contribution is -2.42. The van der Waals surface area contributed by atoms with Crippen molar-refractivity contribution >= 4 is 9.84 Å². The minimum atomic E-state index is -2.86.